The highest BCUT2D eigenvalue weighted by atomic mass is 35.5. The van der Waals surface area contributed by atoms with Gasteiger partial charge in [-0.2, -0.15) is 0 Å². The molecular weight excluding hydrogens is 496 g/mol. The summed E-state index contributed by atoms with van der Waals surface area (Å²) in [4.78, 5) is 41.2. The second kappa shape index (κ2) is 11.3. The first kappa shape index (κ1) is 25.3. The van der Waals surface area contributed by atoms with Crippen molar-refractivity contribution in [2.24, 2.45) is 5.92 Å². The molecule has 0 bridgehead atoms. The molecule has 7 nitrogen and oxygen atoms in total. The molecule has 1 N–H and O–H groups in total. The number of anilines is 1. The zero-order chi connectivity index (χ0) is 24.9. The number of carbonyl (C=O) groups excluding carboxylic acids is 3. The number of rotatable bonds is 6. The summed E-state index contributed by atoms with van der Waals surface area (Å²) >= 11 is 11.6. The Morgan fingerprint density at radius 1 is 1.03 bits per heavy atom. The average molecular weight is 522 g/mol. The Kier molecular flexibility index (Phi) is 8.13. The Bertz CT molecular complexity index is 1090. The van der Waals surface area contributed by atoms with Crippen molar-refractivity contribution in [2.45, 2.75) is 31.7 Å². The van der Waals surface area contributed by atoms with E-state index in [-0.39, 0.29) is 53.6 Å². The molecule has 1 aliphatic heterocycles. The van der Waals surface area contributed by atoms with Gasteiger partial charge in [-0.25, -0.2) is 4.39 Å². The van der Waals surface area contributed by atoms with Gasteiger partial charge in [0, 0.05) is 41.8 Å². The van der Waals surface area contributed by atoms with Gasteiger partial charge in [0.15, 0.2) is 6.61 Å². The van der Waals surface area contributed by atoms with Crippen LogP contribution in [-0.4, -0.2) is 54.9 Å². The summed E-state index contributed by atoms with van der Waals surface area (Å²) in [6.07, 6.45) is 2.60. The van der Waals surface area contributed by atoms with Crippen molar-refractivity contribution in [2.75, 3.05) is 31.1 Å². The molecule has 186 valence electrons. The van der Waals surface area contributed by atoms with E-state index in [1.165, 1.54) is 12.1 Å². The molecule has 0 atom stereocenters. The van der Waals surface area contributed by atoms with Gasteiger partial charge in [-0.1, -0.05) is 23.2 Å². The fourth-order valence-corrected chi connectivity index (χ4v) is 4.73. The highest BCUT2D eigenvalue weighted by Gasteiger charge is 2.34. The molecule has 2 aromatic rings. The first-order valence-corrected chi connectivity index (χ1v) is 12.3. The zero-order valence-corrected chi connectivity index (χ0v) is 20.5. The molecule has 1 heterocycles. The number of piperazine rings is 1. The second-order valence-corrected chi connectivity index (χ2v) is 9.61. The molecule has 0 unspecified atom stereocenters. The molecule has 2 aromatic carbocycles. The van der Waals surface area contributed by atoms with Crippen LogP contribution >= 0.6 is 23.2 Å². The smallest absolute Gasteiger partial charge is 0.258 e. The van der Waals surface area contributed by atoms with Crippen LogP contribution in [0.5, 0.6) is 5.75 Å². The third-order valence-corrected chi connectivity index (χ3v) is 6.93. The monoisotopic (exact) mass is 521 g/mol. The van der Waals surface area contributed by atoms with E-state index >= 15 is 0 Å². The Morgan fingerprint density at radius 3 is 2.40 bits per heavy atom. The molecule has 1 saturated carbocycles. The highest BCUT2D eigenvalue weighted by molar-refractivity contribution is 6.31. The second-order valence-electron chi connectivity index (χ2n) is 8.76. The largest absolute Gasteiger partial charge is 0.484 e. The van der Waals surface area contributed by atoms with Crippen LogP contribution in [0.3, 0.4) is 0 Å². The minimum atomic E-state index is -0.611. The SMILES string of the molecule is O=C(COc1ccc(Cl)c(F)c1)N[C@H]1CC[C@H](C(=O)N2CCN(c3ccc(Cl)cc3)C(=O)C2)CC1. The van der Waals surface area contributed by atoms with Crippen molar-refractivity contribution in [3.8, 4) is 5.75 Å². The lowest BCUT2D eigenvalue weighted by molar-refractivity contribution is -0.141. The molecule has 0 aromatic heterocycles. The number of amides is 3. The van der Waals surface area contributed by atoms with Crippen LogP contribution in [0.2, 0.25) is 10.0 Å². The first-order valence-electron chi connectivity index (χ1n) is 11.5. The molecular formula is C25H26Cl2FN3O4. The molecule has 1 aliphatic carbocycles. The lowest BCUT2D eigenvalue weighted by Crippen LogP contribution is -2.54. The molecule has 0 radical (unpaired) electrons. The molecule has 0 spiro atoms. The van der Waals surface area contributed by atoms with E-state index in [0.717, 1.165) is 11.8 Å². The van der Waals surface area contributed by atoms with Crippen molar-refractivity contribution in [1.29, 1.82) is 0 Å². The Labute approximate surface area is 213 Å². The van der Waals surface area contributed by atoms with E-state index in [9.17, 15) is 18.8 Å². The summed E-state index contributed by atoms with van der Waals surface area (Å²) in [5, 5.41) is 3.50. The van der Waals surface area contributed by atoms with Crippen LogP contribution in [-0.2, 0) is 14.4 Å². The van der Waals surface area contributed by atoms with Crippen LogP contribution in [0.25, 0.3) is 0 Å². The minimum Gasteiger partial charge on any atom is -0.484 e. The number of nitrogens with one attached hydrogen (secondary N) is 1. The van der Waals surface area contributed by atoms with E-state index < -0.39 is 5.82 Å². The van der Waals surface area contributed by atoms with Crippen LogP contribution in [0.1, 0.15) is 25.7 Å². The van der Waals surface area contributed by atoms with Crippen molar-refractivity contribution in [3.63, 3.8) is 0 Å². The number of benzene rings is 2. The Hall–Kier alpha value is -2.84. The van der Waals surface area contributed by atoms with Crippen molar-refractivity contribution in [1.82, 2.24) is 10.2 Å². The third-order valence-electron chi connectivity index (χ3n) is 6.37. The summed E-state index contributed by atoms with van der Waals surface area (Å²) in [6, 6.07) is 11.0. The number of ether oxygens (including phenoxy) is 1. The van der Waals surface area contributed by atoms with Crippen LogP contribution in [0.15, 0.2) is 42.5 Å². The van der Waals surface area contributed by atoms with E-state index in [1.807, 2.05) is 0 Å². The first-order chi connectivity index (χ1) is 16.8. The highest BCUT2D eigenvalue weighted by Crippen LogP contribution is 2.28. The van der Waals surface area contributed by atoms with Gasteiger partial charge in [0.05, 0.1) is 5.02 Å². The molecule has 1 saturated heterocycles. The Balaban J connectivity index is 1.20. The van der Waals surface area contributed by atoms with Gasteiger partial charge in [0.25, 0.3) is 5.91 Å². The van der Waals surface area contributed by atoms with Crippen molar-refractivity contribution in [3.05, 3.63) is 58.3 Å². The van der Waals surface area contributed by atoms with E-state index in [2.05, 4.69) is 5.32 Å². The molecule has 2 fully saturated rings. The predicted molar refractivity (Wildman–Crippen MR) is 131 cm³/mol. The third kappa shape index (κ3) is 6.44. The normalized spacial score (nSPS) is 20.5. The van der Waals surface area contributed by atoms with Crippen LogP contribution in [0, 0.1) is 11.7 Å². The summed E-state index contributed by atoms with van der Waals surface area (Å²) in [6.45, 7) is 0.738. The van der Waals surface area contributed by atoms with Gasteiger partial charge in [0.1, 0.15) is 18.1 Å². The quantitative estimate of drug-likeness (QED) is 0.621. The minimum absolute atomic E-state index is 0.00742. The van der Waals surface area contributed by atoms with Gasteiger partial charge in [-0.3, -0.25) is 14.4 Å². The van der Waals surface area contributed by atoms with Crippen LogP contribution in [0.4, 0.5) is 10.1 Å². The summed E-state index contributed by atoms with van der Waals surface area (Å²) in [5.41, 5.74) is 0.771. The van der Waals surface area contributed by atoms with Gasteiger partial charge in [0.2, 0.25) is 11.8 Å². The lowest BCUT2D eigenvalue weighted by Gasteiger charge is -2.37. The van der Waals surface area contributed by atoms with E-state index in [1.54, 1.807) is 34.1 Å². The number of halogens is 3. The lowest BCUT2D eigenvalue weighted by atomic mass is 9.85. The van der Waals surface area contributed by atoms with E-state index in [0.29, 0.717) is 43.8 Å². The molecule has 4 rings (SSSR count). The number of carbonyl (C=O) groups is 3. The van der Waals surface area contributed by atoms with E-state index in [4.69, 9.17) is 27.9 Å². The van der Waals surface area contributed by atoms with Gasteiger partial charge >= 0.3 is 0 Å². The zero-order valence-electron chi connectivity index (χ0n) is 19.0. The maximum Gasteiger partial charge on any atom is 0.258 e. The Morgan fingerprint density at radius 2 is 1.74 bits per heavy atom. The average Bonchev–Trinajstić information content (AvgIpc) is 2.85. The maximum absolute atomic E-state index is 13.5. The fraction of sp³-hybridized carbons (Fsp3) is 0.400. The predicted octanol–water partition coefficient (Wildman–Crippen LogP) is 4.06. The number of hydrogen-bond acceptors (Lipinski definition) is 4. The topological polar surface area (TPSA) is 79.0 Å². The molecule has 3 amide bonds. The standard InChI is InChI=1S/C25H26Cl2FN3O4/c26-17-3-7-19(8-4-17)31-12-11-30(14-24(31)33)25(34)16-1-5-18(6-2-16)29-23(32)15-35-20-9-10-21(27)22(28)13-20/h3-4,7-10,13,16,18H,1-2,5-6,11-12,14-15H2,(H,29,32)/t16-,18-. The summed E-state index contributed by atoms with van der Waals surface area (Å²) in [5.74, 6) is -0.978. The molecule has 10 heteroatoms. The van der Waals surface area contributed by atoms with Crippen LogP contribution < -0.4 is 15.0 Å². The summed E-state index contributed by atoms with van der Waals surface area (Å²) in [7, 11) is 0. The molecule has 2 aliphatic rings. The van der Waals surface area contributed by atoms with Gasteiger partial charge < -0.3 is 19.9 Å². The number of nitrogens with zero attached hydrogens (tertiary/aromatic N) is 2. The van der Waals surface area contributed by atoms with Gasteiger partial charge in [-0.15, -0.1) is 0 Å². The molecule has 35 heavy (non-hydrogen) atoms. The summed E-state index contributed by atoms with van der Waals surface area (Å²) < 4.78 is 18.8. The van der Waals surface area contributed by atoms with Crippen molar-refractivity contribution < 1.29 is 23.5 Å². The number of hydrogen-bond donors (Lipinski definition) is 1. The fourth-order valence-electron chi connectivity index (χ4n) is 4.48. The van der Waals surface area contributed by atoms with Crippen molar-refractivity contribution >= 4 is 46.6 Å². The maximum atomic E-state index is 13.5. The van der Waals surface area contributed by atoms with Gasteiger partial charge in [-0.05, 0) is 62.1 Å².